The third-order valence-corrected chi connectivity index (χ3v) is 2.68. The Kier molecular flexibility index (Phi) is 3.06. The number of hydrogen-bond acceptors (Lipinski definition) is 2. The first-order chi connectivity index (χ1) is 5.13. The van der Waals surface area contributed by atoms with Crippen LogP contribution in [-0.4, -0.2) is 22.5 Å². The van der Waals surface area contributed by atoms with E-state index in [-0.39, 0.29) is 0 Å². The van der Waals surface area contributed by atoms with Gasteiger partial charge in [-0.25, -0.2) is 3.11 Å². The zero-order chi connectivity index (χ0) is 8.43. The fourth-order valence-electron chi connectivity index (χ4n) is 1.16. The van der Waals surface area contributed by atoms with Gasteiger partial charge in [-0.3, -0.25) is 4.99 Å². The van der Waals surface area contributed by atoms with Crippen molar-refractivity contribution < 1.29 is 0 Å². The Morgan fingerprint density at radius 1 is 1.64 bits per heavy atom. The van der Waals surface area contributed by atoms with Crippen molar-refractivity contribution in [2.45, 2.75) is 20.0 Å². The molecule has 0 aliphatic carbocycles. The van der Waals surface area contributed by atoms with Crippen LogP contribution in [-0.2, 0) is 0 Å². The van der Waals surface area contributed by atoms with E-state index >= 15 is 0 Å². The minimum absolute atomic E-state index is 0.320. The third kappa shape index (κ3) is 2.02. The first-order valence-corrected chi connectivity index (χ1v) is 4.68. The minimum atomic E-state index is 0.320. The van der Waals surface area contributed by atoms with E-state index in [0.717, 1.165) is 0 Å². The molecule has 0 amide bonds. The molecule has 0 bridgehead atoms. The summed E-state index contributed by atoms with van der Waals surface area (Å²) >= 11 is 2.28. The summed E-state index contributed by atoms with van der Waals surface area (Å²) in [5.41, 5.74) is 1.41. The second-order valence-corrected chi connectivity index (χ2v) is 4.46. The molecule has 0 aromatic rings. The number of hydrogen-bond donors (Lipinski definition) is 0. The smallest absolute Gasteiger partial charge is 0.116 e. The van der Waals surface area contributed by atoms with Crippen molar-refractivity contribution in [3.8, 4) is 0 Å². The second kappa shape index (κ2) is 3.67. The summed E-state index contributed by atoms with van der Waals surface area (Å²) < 4.78 is 2.12. The zero-order valence-electron chi connectivity index (χ0n) is 7.08. The van der Waals surface area contributed by atoms with Gasteiger partial charge in [0.15, 0.2) is 0 Å². The summed E-state index contributed by atoms with van der Waals surface area (Å²) in [4.78, 5) is 4.38. The van der Waals surface area contributed by atoms with Crippen LogP contribution in [0.5, 0.6) is 0 Å². The van der Waals surface area contributed by atoms with Crippen LogP contribution in [0.15, 0.2) is 16.6 Å². The Hall–Kier alpha value is 0.1000. The first-order valence-electron chi connectivity index (χ1n) is 3.71. The van der Waals surface area contributed by atoms with Crippen LogP contribution < -0.4 is 0 Å². The van der Waals surface area contributed by atoms with Crippen molar-refractivity contribution in [1.29, 1.82) is 0 Å². The lowest BCUT2D eigenvalue weighted by atomic mass is 9.98. The molecule has 1 heterocycles. The average molecular weight is 264 g/mol. The molecule has 1 unspecified atom stereocenters. The van der Waals surface area contributed by atoms with Gasteiger partial charge in [-0.05, 0) is 20.0 Å². The predicted molar refractivity (Wildman–Crippen MR) is 57.0 cm³/mol. The van der Waals surface area contributed by atoms with Gasteiger partial charge in [0.2, 0.25) is 0 Å². The Labute approximate surface area is 81.9 Å². The van der Waals surface area contributed by atoms with Crippen molar-refractivity contribution >= 4 is 29.1 Å². The van der Waals surface area contributed by atoms with E-state index in [1.54, 1.807) is 0 Å². The monoisotopic (exact) mass is 264 g/mol. The van der Waals surface area contributed by atoms with Crippen LogP contribution in [0.4, 0.5) is 0 Å². The van der Waals surface area contributed by atoms with E-state index in [2.05, 4.69) is 57.9 Å². The molecule has 1 aliphatic rings. The summed E-state index contributed by atoms with van der Waals surface area (Å²) in [5, 5.41) is 0. The molecule has 0 fully saturated rings. The second-order valence-electron chi connectivity index (χ2n) is 2.94. The lowest BCUT2D eigenvalue weighted by molar-refractivity contribution is 0.363. The third-order valence-electron chi connectivity index (χ3n) is 2.11. The van der Waals surface area contributed by atoms with E-state index in [4.69, 9.17) is 0 Å². The van der Waals surface area contributed by atoms with E-state index in [0.29, 0.717) is 12.1 Å². The molecule has 62 valence electrons. The molecular formula is C8H13IN2. The van der Waals surface area contributed by atoms with Gasteiger partial charge in [-0.1, -0.05) is 12.5 Å². The van der Waals surface area contributed by atoms with Crippen molar-refractivity contribution in [2.24, 2.45) is 10.9 Å². The fraction of sp³-hybridized carbons (Fsp3) is 0.625. The number of halogens is 1. The Balaban J connectivity index is 2.73. The summed E-state index contributed by atoms with van der Waals surface area (Å²) in [6.07, 6.45) is 4.30. The van der Waals surface area contributed by atoms with Crippen LogP contribution in [0.25, 0.3) is 0 Å². The summed E-state index contributed by atoms with van der Waals surface area (Å²) in [6, 6.07) is 0. The highest BCUT2D eigenvalue weighted by Gasteiger charge is 2.21. The molecule has 2 atom stereocenters. The molecule has 1 aliphatic heterocycles. The van der Waals surface area contributed by atoms with Crippen LogP contribution in [0.3, 0.4) is 0 Å². The highest BCUT2D eigenvalue weighted by molar-refractivity contribution is 14.1. The number of aliphatic imine (C=N–C) groups is 1. The topological polar surface area (TPSA) is 15.6 Å². The van der Waals surface area contributed by atoms with E-state index < -0.39 is 0 Å². The largest absolute Gasteiger partial charge is 0.273 e. The molecule has 11 heavy (non-hydrogen) atoms. The van der Waals surface area contributed by atoms with Gasteiger partial charge in [0.05, 0.1) is 0 Å². The van der Waals surface area contributed by atoms with Gasteiger partial charge in [-0.2, -0.15) is 0 Å². The van der Waals surface area contributed by atoms with Gasteiger partial charge >= 0.3 is 0 Å². The lowest BCUT2D eigenvalue weighted by Crippen LogP contribution is -2.30. The molecular weight excluding hydrogens is 251 g/mol. The average Bonchev–Trinajstić information content (AvgIpc) is 1.94. The highest BCUT2D eigenvalue weighted by atomic mass is 127. The maximum absolute atomic E-state index is 4.38. The molecule has 0 N–H and O–H groups in total. The molecule has 0 aromatic carbocycles. The standard InChI is InChI=1S/C8H13IN2/c1-6-4-5-10-8(7(6)2)11(3)9/h4-5,7-8H,1-3H3/t7-,8?/m0/s1. The number of rotatable bonds is 1. The molecule has 0 saturated heterocycles. The van der Waals surface area contributed by atoms with Crippen molar-refractivity contribution in [3.63, 3.8) is 0 Å². The molecule has 0 radical (unpaired) electrons. The highest BCUT2D eigenvalue weighted by Crippen LogP contribution is 2.23. The predicted octanol–water partition coefficient (Wildman–Crippen LogP) is 2.26. The Morgan fingerprint density at radius 2 is 2.27 bits per heavy atom. The lowest BCUT2D eigenvalue weighted by Gasteiger charge is -2.27. The van der Waals surface area contributed by atoms with Gasteiger partial charge < -0.3 is 0 Å². The Bertz CT molecular complexity index is 196. The van der Waals surface area contributed by atoms with Gasteiger partial charge in [0.25, 0.3) is 0 Å². The van der Waals surface area contributed by atoms with Gasteiger partial charge in [0.1, 0.15) is 6.17 Å². The SMILES string of the molecule is CC1=CC=NC(N(C)I)[C@H]1C. The minimum Gasteiger partial charge on any atom is -0.273 e. The number of dihydropyridines is 1. The van der Waals surface area contributed by atoms with Crippen LogP contribution in [0.1, 0.15) is 13.8 Å². The van der Waals surface area contributed by atoms with E-state index in [1.807, 2.05) is 6.21 Å². The first kappa shape index (κ1) is 9.19. The van der Waals surface area contributed by atoms with Crippen LogP contribution in [0, 0.1) is 5.92 Å². The maximum atomic E-state index is 4.38. The quantitative estimate of drug-likeness (QED) is 0.524. The van der Waals surface area contributed by atoms with E-state index in [1.165, 1.54) is 5.57 Å². The van der Waals surface area contributed by atoms with Crippen molar-refractivity contribution in [3.05, 3.63) is 11.6 Å². The van der Waals surface area contributed by atoms with Crippen molar-refractivity contribution in [1.82, 2.24) is 3.11 Å². The molecule has 3 heteroatoms. The number of allylic oxidation sites excluding steroid dienone is 1. The normalized spacial score (nSPS) is 30.8. The molecule has 0 saturated carbocycles. The zero-order valence-corrected chi connectivity index (χ0v) is 9.24. The molecule has 1 rings (SSSR count). The maximum Gasteiger partial charge on any atom is 0.116 e. The van der Waals surface area contributed by atoms with E-state index in [9.17, 15) is 0 Å². The van der Waals surface area contributed by atoms with Crippen LogP contribution >= 0.6 is 22.9 Å². The number of nitrogens with zero attached hydrogens (tertiary/aromatic N) is 2. The molecule has 0 aromatic heterocycles. The summed E-state index contributed by atoms with van der Waals surface area (Å²) in [7, 11) is 2.05. The van der Waals surface area contributed by atoms with Gasteiger partial charge in [0, 0.05) is 35.0 Å². The van der Waals surface area contributed by atoms with Crippen molar-refractivity contribution in [2.75, 3.05) is 7.05 Å². The molecule has 2 nitrogen and oxygen atoms in total. The van der Waals surface area contributed by atoms with Gasteiger partial charge in [-0.15, -0.1) is 0 Å². The fourth-order valence-corrected chi connectivity index (χ4v) is 1.79. The molecule has 0 spiro atoms. The summed E-state index contributed by atoms with van der Waals surface area (Å²) in [5.74, 6) is 0.543. The van der Waals surface area contributed by atoms with Crippen LogP contribution in [0.2, 0.25) is 0 Å². The Morgan fingerprint density at radius 3 is 2.73 bits per heavy atom. The summed E-state index contributed by atoms with van der Waals surface area (Å²) in [6.45, 7) is 4.37.